The average Bonchev–Trinajstić information content (AvgIpc) is 2.46. The quantitative estimate of drug-likeness (QED) is 0.864. The lowest BCUT2D eigenvalue weighted by Gasteiger charge is -2.12. The van der Waals surface area contributed by atoms with E-state index < -0.39 is 11.9 Å². The van der Waals surface area contributed by atoms with Gasteiger partial charge in [-0.05, 0) is 23.1 Å². The van der Waals surface area contributed by atoms with Crippen LogP contribution < -0.4 is 0 Å². The molecule has 98 valence electrons. The molecule has 0 radical (unpaired) electrons. The third-order valence-corrected chi connectivity index (χ3v) is 3.14. The summed E-state index contributed by atoms with van der Waals surface area (Å²) in [4.78, 5) is 11.1. The molecule has 0 bridgehead atoms. The largest absolute Gasteiger partial charge is 0.481 e. The van der Waals surface area contributed by atoms with Crippen LogP contribution in [0.5, 0.6) is 0 Å². The second-order valence-corrected chi connectivity index (χ2v) is 4.39. The third-order valence-electron chi connectivity index (χ3n) is 3.14. The Morgan fingerprint density at radius 3 is 2.05 bits per heavy atom. The van der Waals surface area contributed by atoms with Crippen molar-refractivity contribution in [3.8, 4) is 11.1 Å². The molecule has 3 nitrogen and oxygen atoms in total. The zero-order valence-corrected chi connectivity index (χ0v) is 10.5. The van der Waals surface area contributed by atoms with Gasteiger partial charge in [-0.25, -0.2) is 0 Å². The lowest BCUT2D eigenvalue weighted by molar-refractivity contribution is -0.139. The Morgan fingerprint density at radius 1 is 0.947 bits per heavy atom. The van der Waals surface area contributed by atoms with Gasteiger partial charge in [-0.2, -0.15) is 0 Å². The summed E-state index contributed by atoms with van der Waals surface area (Å²) in [6.07, 6.45) is 0.236. The average molecular weight is 256 g/mol. The lowest BCUT2D eigenvalue weighted by atomic mass is 9.94. The molecule has 2 N–H and O–H groups in total. The maximum Gasteiger partial charge on any atom is 0.311 e. The first kappa shape index (κ1) is 13.3. The number of rotatable bonds is 5. The molecule has 3 heteroatoms. The smallest absolute Gasteiger partial charge is 0.311 e. The first-order chi connectivity index (χ1) is 9.22. The van der Waals surface area contributed by atoms with Gasteiger partial charge < -0.3 is 10.2 Å². The number of aliphatic carboxylic acids is 1. The van der Waals surface area contributed by atoms with Crippen molar-refractivity contribution in [1.29, 1.82) is 0 Å². The fourth-order valence-corrected chi connectivity index (χ4v) is 2.10. The Morgan fingerprint density at radius 2 is 1.53 bits per heavy atom. The summed E-state index contributed by atoms with van der Waals surface area (Å²) in [6, 6.07) is 17.4. The third kappa shape index (κ3) is 3.20. The number of hydrogen-bond donors (Lipinski definition) is 2. The van der Waals surface area contributed by atoms with Gasteiger partial charge in [0.25, 0.3) is 0 Å². The zero-order chi connectivity index (χ0) is 13.7. The standard InChI is InChI=1S/C16H16O3/c17-11-10-15(16(18)19)14-8-6-13(7-9-14)12-4-2-1-3-5-12/h1-9,15,17H,10-11H2,(H,18,19). The van der Waals surface area contributed by atoms with Crippen molar-refractivity contribution < 1.29 is 15.0 Å². The highest BCUT2D eigenvalue weighted by Crippen LogP contribution is 2.24. The van der Waals surface area contributed by atoms with Gasteiger partial charge in [0.05, 0.1) is 5.92 Å². The van der Waals surface area contributed by atoms with Gasteiger partial charge in [0.15, 0.2) is 0 Å². The number of carbonyl (C=O) groups is 1. The van der Waals surface area contributed by atoms with Crippen LogP contribution >= 0.6 is 0 Å². The van der Waals surface area contributed by atoms with Crippen molar-refractivity contribution >= 4 is 5.97 Å². The molecule has 0 aromatic heterocycles. The summed E-state index contributed by atoms with van der Waals surface area (Å²) in [5.74, 6) is -1.55. The zero-order valence-electron chi connectivity index (χ0n) is 10.5. The Bertz CT molecular complexity index is 532. The second kappa shape index (κ2) is 6.16. The SMILES string of the molecule is O=C(O)C(CCO)c1ccc(-c2ccccc2)cc1. The summed E-state index contributed by atoms with van der Waals surface area (Å²) in [5, 5.41) is 18.0. The van der Waals surface area contributed by atoms with Gasteiger partial charge in [-0.3, -0.25) is 4.79 Å². The van der Waals surface area contributed by atoms with Crippen LogP contribution in [-0.4, -0.2) is 22.8 Å². The molecule has 2 aromatic carbocycles. The van der Waals surface area contributed by atoms with E-state index in [0.29, 0.717) is 0 Å². The number of aliphatic hydroxyl groups is 1. The number of hydrogen-bond acceptors (Lipinski definition) is 2. The van der Waals surface area contributed by atoms with Crippen LogP contribution in [0.2, 0.25) is 0 Å². The van der Waals surface area contributed by atoms with Crippen LogP contribution in [0.3, 0.4) is 0 Å². The van der Waals surface area contributed by atoms with E-state index >= 15 is 0 Å². The van der Waals surface area contributed by atoms with Crippen molar-refractivity contribution in [2.45, 2.75) is 12.3 Å². The molecular formula is C16H16O3. The molecule has 0 aliphatic rings. The molecule has 0 spiro atoms. The molecule has 0 aliphatic carbocycles. The molecule has 0 amide bonds. The fourth-order valence-electron chi connectivity index (χ4n) is 2.10. The van der Waals surface area contributed by atoms with Gasteiger partial charge in [-0.1, -0.05) is 54.6 Å². The van der Waals surface area contributed by atoms with Gasteiger partial charge in [0.2, 0.25) is 0 Å². The normalized spacial score (nSPS) is 12.1. The van der Waals surface area contributed by atoms with E-state index in [2.05, 4.69) is 0 Å². The molecule has 0 fully saturated rings. The maximum atomic E-state index is 11.1. The molecule has 2 aromatic rings. The number of carboxylic acid groups (broad SMARTS) is 1. The number of carboxylic acids is 1. The first-order valence-corrected chi connectivity index (χ1v) is 6.21. The van der Waals surface area contributed by atoms with E-state index in [1.54, 1.807) is 0 Å². The highest BCUT2D eigenvalue weighted by atomic mass is 16.4. The van der Waals surface area contributed by atoms with E-state index in [0.717, 1.165) is 16.7 Å². The number of benzene rings is 2. The number of aliphatic hydroxyl groups excluding tert-OH is 1. The van der Waals surface area contributed by atoms with Crippen LogP contribution in [0.1, 0.15) is 17.9 Å². The van der Waals surface area contributed by atoms with E-state index in [4.69, 9.17) is 10.2 Å². The predicted molar refractivity (Wildman–Crippen MR) is 74.0 cm³/mol. The minimum absolute atomic E-state index is 0.128. The molecule has 0 saturated heterocycles. The topological polar surface area (TPSA) is 57.5 Å². The summed E-state index contributed by atoms with van der Waals surface area (Å²) < 4.78 is 0. The molecule has 1 atom stereocenters. The van der Waals surface area contributed by atoms with Crippen molar-refractivity contribution in [3.63, 3.8) is 0 Å². The van der Waals surface area contributed by atoms with Crippen LogP contribution in [0.25, 0.3) is 11.1 Å². The van der Waals surface area contributed by atoms with E-state index in [1.165, 1.54) is 0 Å². The van der Waals surface area contributed by atoms with Crippen molar-refractivity contribution in [2.75, 3.05) is 6.61 Å². The molecule has 19 heavy (non-hydrogen) atoms. The minimum atomic E-state index is -0.901. The van der Waals surface area contributed by atoms with Crippen LogP contribution in [0, 0.1) is 0 Å². The summed E-state index contributed by atoms with van der Waals surface area (Å²) in [6.45, 7) is -0.128. The Kier molecular flexibility index (Phi) is 4.31. The fraction of sp³-hybridized carbons (Fsp3) is 0.188. The van der Waals surface area contributed by atoms with Crippen molar-refractivity contribution in [2.24, 2.45) is 0 Å². The first-order valence-electron chi connectivity index (χ1n) is 6.21. The highest BCUT2D eigenvalue weighted by molar-refractivity contribution is 5.76. The van der Waals surface area contributed by atoms with Crippen LogP contribution in [0.15, 0.2) is 54.6 Å². The second-order valence-electron chi connectivity index (χ2n) is 4.39. The maximum absolute atomic E-state index is 11.1. The molecular weight excluding hydrogens is 240 g/mol. The highest BCUT2D eigenvalue weighted by Gasteiger charge is 2.18. The van der Waals surface area contributed by atoms with E-state index in [-0.39, 0.29) is 13.0 Å². The van der Waals surface area contributed by atoms with E-state index in [1.807, 2.05) is 54.6 Å². The summed E-state index contributed by atoms with van der Waals surface area (Å²) >= 11 is 0. The summed E-state index contributed by atoms with van der Waals surface area (Å²) in [5.41, 5.74) is 2.88. The molecule has 0 saturated carbocycles. The Labute approximate surface area is 112 Å². The molecule has 1 unspecified atom stereocenters. The molecule has 2 rings (SSSR count). The Hall–Kier alpha value is -2.13. The van der Waals surface area contributed by atoms with Gasteiger partial charge in [0, 0.05) is 6.61 Å². The van der Waals surface area contributed by atoms with Crippen LogP contribution in [-0.2, 0) is 4.79 Å². The van der Waals surface area contributed by atoms with Crippen LogP contribution in [0.4, 0.5) is 0 Å². The Balaban J connectivity index is 2.25. The predicted octanol–water partition coefficient (Wildman–Crippen LogP) is 2.90. The van der Waals surface area contributed by atoms with Gasteiger partial charge >= 0.3 is 5.97 Å². The minimum Gasteiger partial charge on any atom is -0.481 e. The van der Waals surface area contributed by atoms with Crippen molar-refractivity contribution in [1.82, 2.24) is 0 Å². The molecule has 0 aliphatic heterocycles. The lowest BCUT2D eigenvalue weighted by Crippen LogP contribution is -2.13. The van der Waals surface area contributed by atoms with Gasteiger partial charge in [-0.15, -0.1) is 0 Å². The van der Waals surface area contributed by atoms with E-state index in [9.17, 15) is 4.79 Å². The molecule has 0 heterocycles. The monoisotopic (exact) mass is 256 g/mol. The summed E-state index contributed by atoms with van der Waals surface area (Å²) in [7, 11) is 0. The van der Waals surface area contributed by atoms with Gasteiger partial charge in [0.1, 0.15) is 0 Å². The van der Waals surface area contributed by atoms with Crippen molar-refractivity contribution in [3.05, 3.63) is 60.2 Å².